The van der Waals surface area contributed by atoms with Gasteiger partial charge in [0.1, 0.15) is 23.1 Å². The third-order valence-electron chi connectivity index (χ3n) is 8.05. The molecule has 0 bridgehead atoms. The van der Waals surface area contributed by atoms with Gasteiger partial charge in [0, 0.05) is 31.9 Å². The summed E-state index contributed by atoms with van der Waals surface area (Å²) in [6, 6.07) is 4.46. The third kappa shape index (κ3) is 5.74. The number of pyridine rings is 2. The van der Waals surface area contributed by atoms with Crippen LogP contribution in [0.1, 0.15) is 30.4 Å². The lowest BCUT2D eigenvalue weighted by Gasteiger charge is -2.42. The summed E-state index contributed by atoms with van der Waals surface area (Å²) < 4.78 is 88.6. The van der Waals surface area contributed by atoms with Gasteiger partial charge >= 0.3 is 6.18 Å². The molecule has 224 valence electrons. The highest BCUT2D eigenvalue weighted by atomic mass is 19.4. The average molecular weight is 594 g/mol. The Labute approximate surface area is 238 Å². The first-order valence-corrected chi connectivity index (χ1v) is 13.4. The van der Waals surface area contributed by atoms with Crippen LogP contribution in [0.4, 0.5) is 32.0 Å². The molecule has 2 saturated heterocycles. The number of benzene rings is 1. The highest BCUT2D eigenvalue weighted by Crippen LogP contribution is 2.40. The van der Waals surface area contributed by atoms with E-state index in [2.05, 4.69) is 20.2 Å². The number of anilines is 1. The van der Waals surface area contributed by atoms with Gasteiger partial charge in [-0.15, -0.1) is 0 Å². The van der Waals surface area contributed by atoms with Gasteiger partial charge in [-0.3, -0.25) is 9.78 Å². The van der Waals surface area contributed by atoms with E-state index in [1.165, 1.54) is 19.4 Å². The highest BCUT2D eigenvalue weighted by molar-refractivity contribution is 5.89. The van der Waals surface area contributed by atoms with Gasteiger partial charge in [-0.2, -0.15) is 13.2 Å². The molecule has 1 atom stereocenters. The number of nitrogens with one attached hydrogen (secondary N) is 1. The minimum absolute atomic E-state index is 0.00152. The summed E-state index contributed by atoms with van der Waals surface area (Å²) in [4.78, 5) is 25.6. The molecule has 7 nitrogen and oxygen atoms in total. The van der Waals surface area contributed by atoms with Crippen molar-refractivity contribution in [3.63, 3.8) is 0 Å². The van der Waals surface area contributed by atoms with Crippen molar-refractivity contribution < 1.29 is 35.9 Å². The molecule has 0 aliphatic carbocycles. The molecule has 2 aliphatic heterocycles. The van der Waals surface area contributed by atoms with Gasteiger partial charge in [-0.1, -0.05) is 0 Å². The van der Waals surface area contributed by atoms with Crippen LogP contribution in [0.25, 0.3) is 11.3 Å². The van der Waals surface area contributed by atoms with Gasteiger partial charge in [0.15, 0.2) is 0 Å². The van der Waals surface area contributed by atoms with Crippen molar-refractivity contribution in [2.45, 2.75) is 36.9 Å². The average Bonchev–Trinajstić information content (AvgIpc) is 3.36. The van der Waals surface area contributed by atoms with Crippen LogP contribution in [-0.4, -0.2) is 67.2 Å². The van der Waals surface area contributed by atoms with Gasteiger partial charge in [-0.25, -0.2) is 18.2 Å². The van der Waals surface area contributed by atoms with Crippen molar-refractivity contribution in [1.29, 1.82) is 0 Å². The second-order valence-electron chi connectivity index (χ2n) is 10.7. The Morgan fingerprint density at radius 3 is 2.36 bits per heavy atom. The number of alkyl halides is 3. The molecule has 3 aromatic rings. The molecular formula is C29H29F6N5O2. The Bertz CT molecular complexity index is 1480. The zero-order valence-electron chi connectivity index (χ0n) is 22.9. The smallest absolute Gasteiger partial charge is 0.416 e. The first-order chi connectivity index (χ1) is 19.9. The number of carbonyl (C=O) groups is 1. The maximum absolute atomic E-state index is 15.6. The monoisotopic (exact) mass is 593 g/mol. The number of likely N-dealkylation sites (N-methyl/N-ethyl adjacent to an activating group) is 1. The SMILES string of the molecule is COc1ncc(F)cc1-c1ncc(C2(C(=O)N[C@H]3CCN(C)C3)CCN(c3ccc(C(F)(F)F)cc3F)CC2)cc1F. The van der Waals surface area contributed by atoms with E-state index < -0.39 is 34.6 Å². The van der Waals surface area contributed by atoms with Gasteiger partial charge in [0.25, 0.3) is 0 Å². The Morgan fingerprint density at radius 2 is 1.76 bits per heavy atom. The lowest BCUT2D eigenvalue weighted by molar-refractivity contribution is -0.137. The molecule has 0 saturated carbocycles. The molecule has 0 radical (unpaired) electrons. The molecular weight excluding hydrogens is 564 g/mol. The number of carbonyl (C=O) groups excluding carboxylic acids is 1. The number of rotatable bonds is 6. The maximum atomic E-state index is 15.6. The Balaban J connectivity index is 1.47. The molecule has 1 N–H and O–H groups in total. The molecule has 0 unspecified atom stereocenters. The lowest BCUT2D eigenvalue weighted by atomic mass is 9.72. The van der Waals surface area contributed by atoms with Crippen molar-refractivity contribution in [1.82, 2.24) is 20.2 Å². The first kappa shape index (κ1) is 29.6. The number of aromatic nitrogens is 2. The van der Waals surface area contributed by atoms with E-state index in [4.69, 9.17) is 4.74 Å². The zero-order chi connectivity index (χ0) is 30.2. The summed E-state index contributed by atoms with van der Waals surface area (Å²) in [6.07, 6.45) is -1.42. The number of piperidine rings is 1. The van der Waals surface area contributed by atoms with Crippen molar-refractivity contribution >= 4 is 11.6 Å². The molecule has 0 spiro atoms. The van der Waals surface area contributed by atoms with Crippen LogP contribution in [0.15, 0.2) is 42.7 Å². The fourth-order valence-electron chi connectivity index (χ4n) is 5.75. The number of amides is 1. The highest BCUT2D eigenvalue weighted by Gasteiger charge is 2.45. The van der Waals surface area contributed by atoms with Crippen molar-refractivity contribution in [3.05, 3.63) is 71.3 Å². The number of halogens is 6. The molecule has 13 heteroatoms. The van der Waals surface area contributed by atoms with Gasteiger partial charge < -0.3 is 19.9 Å². The second-order valence-corrected chi connectivity index (χ2v) is 10.7. The number of hydrogen-bond acceptors (Lipinski definition) is 6. The van der Waals surface area contributed by atoms with Gasteiger partial charge in [0.05, 0.1) is 35.5 Å². The van der Waals surface area contributed by atoms with Crippen molar-refractivity contribution in [2.24, 2.45) is 0 Å². The van der Waals surface area contributed by atoms with Crippen LogP contribution in [0.2, 0.25) is 0 Å². The molecule has 5 rings (SSSR count). The van der Waals surface area contributed by atoms with Crippen molar-refractivity contribution in [2.75, 3.05) is 45.2 Å². The van der Waals surface area contributed by atoms with E-state index in [1.807, 2.05) is 7.05 Å². The summed E-state index contributed by atoms with van der Waals surface area (Å²) in [5.74, 6) is -2.92. The summed E-state index contributed by atoms with van der Waals surface area (Å²) in [5, 5.41) is 3.07. The van der Waals surface area contributed by atoms with Crippen LogP contribution in [0.3, 0.4) is 0 Å². The topological polar surface area (TPSA) is 70.6 Å². The summed E-state index contributed by atoms with van der Waals surface area (Å²) >= 11 is 0. The second kappa shape index (κ2) is 11.4. The normalized spacial score (nSPS) is 19.1. The van der Waals surface area contributed by atoms with Crippen LogP contribution in [-0.2, 0) is 16.4 Å². The standard InChI is InChI=1S/C29H29F6N5O2/c1-39-8-5-20(16-39)38-27(41)28(6-9-40(10-7-28)24-4-3-17(11-22(24)31)29(33,34)35)18-12-23(32)25(36-14-18)21-13-19(30)15-37-26(21)42-2/h3-4,11-15,20H,5-10,16H2,1-2H3,(H,38,41)/t20-/m0/s1. The van der Waals surface area contributed by atoms with E-state index in [-0.39, 0.29) is 66.3 Å². The largest absolute Gasteiger partial charge is 0.481 e. The van der Waals surface area contributed by atoms with E-state index in [1.54, 1.807) is 4.90 Å². The molecule has 2 fully saturated rings. The summed E-state index contributed by atoms with van der Waals surface area (Å²) in [7, 11) is 3.25. The third-order valence-corrected chi connectivity index (χ3v) is 8.05. The Morgan fingerprint density at radius 1 is 1.02 bits per heavy atom. The Hall–Kier alpha value is -3.87. The Kier molecular flexibility index (Phi) is 8.06. The van der Waals surface area contributed by atoms with Crippen LogP contribution >= 0.6 is 0 Å². The summed E-state index contributed by atoms with van der Waals surface area (Å²) in [5.41, 5.74) is -2.29. The molecule has 4 heterocycles. The molecule has 2 aliphatic rings. The van der Waals surface area contributed by atoms with Gasteiger partial charge in [0.2, 0.25) is 11.8 Å². The predicted molar refractivity (Wildman–Crippen MR) is 143 cm³/mol. The van der Waals surface area contributed by atoms with Gasteiger partial charge in [-0.05, 0) is 68.8 Å². The minimum Gasteiger partial charge on any atom is -0.481 e. The maximum Gasteiger partial charge on any atom is 0.416 e. The van der Waals surface area contributed by atoms with E-state index >= 15 is 4.39 Å². The fraction of sp³-hybridized carbons (Fsp3) is 0.414. The quantitative estimate of drug-likeness (QED) is 0.409. The first-order valence-electron chi connectivity index (χ1n) is 13.4. The predicted octanol–water partition coefficient (Wildman–Crippen LogP) is 4.95. The number of hydrogen-bond donors (Lipinski definition) is 1. The number of methoxy groups -OCH3 is 1. The number of ether oxygens (including phenoxy) is 1. The van der Waals surface area contributed by atoms with Crippen LogP contribution < -0.4 is 15.0 Å². The molecule has 2 aromatic heterocycles. The van der Waals surface area contributed by atoms with Crippen LogP contribution in [0, 0.1) is 17.5 Å². The fourth-order valence-corrected chi connectivity index (χ4v) is 5.75. The van der Waals surface area contributed by atoms with E-state index in [9.17, 15) is 26.7 Å². The summed E-state index contributed by atoms with van der Waals surface area (Å²) in [6.45, 7) is 1.67. The zero-order valence-corrected chi connectivity index (χ0v) is 22.9. The lowest BCUT2D eigenvalue weighted by Crippen LogP contribution is -2.54. The van der Waals surface area contributed by atoms with Crippen LogP contribution in [0.5, 0.6) is 5.88 Å². The van der Waals surface area contributed by atoms with Crippen molar-refractivity contribution in [3.8, 4) is 17.1 Å². The molecule has 1 amide bonds. The molecule has 1 aromatic carbocycles. The van der Waals surface area contributed by atoms with E-state index in [0.29, 0.717) is 12.6 Å². The minimum atomic E-state index is -4.68. The number of nitrogens with zero attached hydrogens (tertiary/aromatic N) is 4. The van der Waals surface area contributed by atoms with E-state index in [0.717, 1.165) is 37.4 Å². The number of likely N-dealkylation sites (tertiary alicyclic amines) is 1. The molecule has 42 heavy (non-hydrogen) atoms.